The molecule has 1 aromatic heterocycles. The number of para-hydroxylation sites is 1. The van der Waals surface area contributed by atoms with Gasteiger partial charge in [0.1, 0.15) is 11.8 Å². The second-order valence-electron chi connectivity index (χ2n) is 7.13. The first-order chi connectivity index (χ1) is 13.5. The van der Waals surface area contributed by atoms with Crippen LogP contribution in [0.1, 0.15) is 32.6 Å². The van der Waals surface area contributed by atoms with Gasteiger partial charge in [0.2, 0.25) is 0 Å². The van der Waals surface area contributed by atoms with Crippen LogP contribution in [-0.4, -0.2) is 38.3 Å². The van der Waals surface area contributed by atoms with Gasteiger partial charge >= 0.3 is 6.03 Å². The quantitative estimate of drug-likeness (QED) is 0.494. The van der Waals surface area contributed by atoms with Gasteiger partial charge in [-0.15, -0.1) is 0 Å². The van der Waals surface area contributed by atoms with Crippen molar-refractivity contribution in [3.63, 3.8) is 0 Å². The number of rotatable bonds is 7. The van der Waals surface area contributed by atoms with Gasteiger partial charge in [0.05, 0.1) is 6.26 Å². The van der Waals surface area contributed by atoms with Crippen molar-refractivity contribution in [1.29, 1.82) is 0 Å². The van der Waals surface area contributed by atoms with E-state index in [-0.39, 0.29) is 11.9 Å². The molecule has 28 heavy (non-hydrogen) atoms. The first kappa shape index (κ1) is 20.4. The fraction of sp³-hybridized carbons (Fsp3) is 0.429. The number of β-lactam (4-membered cyclic amide) rings is 1. The zero-order valence-corrected chi connectivity index (χ0v) is 17.9. The molecule has 0 unspecified atom stereocenters. The Hall–Kier alpha value is -2.38. The largest absolute Gasteiger partial charge is 0.467 e. The van der Waals surface area contributed by atoms with E-state index in [4.69, 9.17) is 8.84 Å². The molecule has 0 radical (unpaired) electrons. The second-order valence-corrected chi connectivity index (χ2v) is 11.9. The third-order valence-corrected chi connectivity index (χ3v) is 10.4. The van der Waals surface area contributed by atoms with Crippen LogP contribution in [0.25, 0.3) is 0 Å². The molecule has 3 amide bonds. The first-order valence-electron chi connectivity index (χ1n) is 9.85. The molecular weight excluding hydrogens is 372 g/mol. The highest BCUT2D eigenvalue weighted by molar-refractivity contribution is 6.73. The van der Waals surface area contributed by atoms with Crippen LogP contribution in [0.2, 0.25) is 18.1 Å². The van der Waals surface area contributed by atoms with Crippen LogP contribution in [0, 0.1) is 0 Å². The molecule has 6 nitrogen and oxygen atoms in total. The molecule has 0 saturated carbocycles. The Bertz CT molecular complexity index is 797. The van der Waals surface area contributed by atoms with Crippen molar-refractivity contribution in [2.75, 3.05) is 11.9 Å². The van der Waals surface area contributed by atoms with E-state index in [1.807, 2.05) is 30.3 Å². The van der Waals surface area contributed by atoms with Crippen LogP contribution in [0.3, 0.4) is 0 Å². The van der Waals surface area contributed by atoms with Crippen molar-refractivity contribution < 1.29 is 18.4 Å². The standard InChI is InChI=1S/C21H28N2O4Si/c1-5-28(6-2,7-3)27-19-18(17-14-11-15-26-17)23(20(19)24)21(25)22(4)16-12-9-8-10-13-16/h8-15,18-19H,5-7H2,1-4H3/t18-,19+/m1/s1. The number of hydrogen-bond donors (Lipinski definition) is 0. The summed E-state index contributed by atoms with van der Waals surface area (Å²) in [4.78, 5) is 28.9. The predicted molar refractivity (Wildman–Crippen MR) is 111 cm³/mol. The van der Waals surface area contributed by atoms with Crippen LogP contribution in [0.4, 0.5) is 10.5 Å². The average Bonchev–Trinajstić information content (AvgIpc) is 3.26. The van der Waals surface area contributed by atoms with E-state index in [9.17, 15) is 9.59 Å². The Labute approximate surface area is 167 Å². The van der Waals surface area contributed by atoms with Crippen LogP contribution < -0.4 is 4.90 Å². The van der Waals surface area contributed by atoms with E-state index < -0.39 is 20.5 Å². The fourth-order valence-electron chi connectivity index (χ4n) is 3.72. The van der Waals surface area contributed by atoms with Gasteiger partial charge in [0, 0.05) is 12.7 Å². The fourth-order valence-corrected chi connectivity index (χ4v) is 6.49. The van der Waals surface area contributed by atoms with Gasteiger partial charge in [0.15, 0.2) is 14.4 Å². The van der Waals surface area contributed by atoms with Crippen molar-refractivity contribution >= 4 is 25.9 Å². The molecular formula is C21H28N2O4Si. The van der Waals surface area contributed by atoms with Gasteiger partial charge in [-0.1, -0.05) is 39.0 Å². The summed E-state index contributed by atoms with van der Waals surface area (Å²) in [5.74, 6) is 0.284. The Morgan fingerprint density at radius 2 is 1.75 bits per heavy atom. The Morgan fingerprint density at radius 1 is 1.11 bits per heavy atom. The molecule has 1 saturated heterocycles. The van der Waals surface area contributed by atoms with Crippen LogP contribution in [0.5, 0.6) is 0 Å². The zero-order valence-electron chi connectivity index (χ0n) is 16.9. The van der Waals surface area contributed by atoms with Gasteiger partial charge in [-0.2, -0.15) is 0 Å². The molecule has 2 atom stereocenters. The van der Waals surface area contributed by atoms with Gasteiger partial charge in [-0.3, -0.25) is 9.69 Å². The number of carbonyl (C=O) groups is 2. The number of anilines is 1. The number of hydrogen-bond acceptors (Lipinski definition) is 4. The third-order valence-electron chi connectivity index (χ3n) is 5.83. The number of carbonyl (C=O) groups excluding carboxylic acids is 2. The molecule has 0 aliphatic carbocycles. The highest BCUT2D eigenvalue weighted by Crippen LogP contribution is 2.41. The second kappa shape index (κ2) is 8.32. The van der Waals surface area contributed by atoms with E-state index >= 15 is 0 Å². The number of nitrogens with zero attached hydrogens (tertiary/aromatic N) is 2. The lowest BCUT2D eigenvalue weighted by molar-refractivity contribution is -0.159. The summed E-state index contributed by atoms with van der Waals surface area (Å²) < 4.78 is 12.0. The van der Waals surface area contributed by atoms with E-state index in [0.29, 0.717) is 5.76 Å². The number of urea groups is 1. The monoisotopic (exact) mass is 400 g/mol. The van der Waals surface area contributed by atoms with Crippen molar-refractivity contribution in [3.8, 4) is 0 Å². The maximum atomic E-state index is 13.1. The molecule has 7 heteroatoms. The third kappa shape index (κ3) is 3.52. The van der Waals surface area contributed by atoms with E-state index in [0.717, 1.165) is 23.8 Å². The summed E-state index contributed by atoms with van der Waals surface area (Å²) in [6, 6.07) is 14.7. The number of amides is 3. The SMILES string of the molecule is CC[Si](CC)(CC)O[C@@H]1C(=O)N(C(=O)N(C)c2ccccc2)[C@@H]1c1ccco1. The van der Waals surface area contributed by atoms with Crippen molar-refractivity contribution in [3.05, 3.63) is 54.5 Å². The van der Waals surface area contributed by atoms with Crippen molar-refractivity contribution in [2.45, 2.75) is 51.0 Å². The lowest BCUT2D eigenvalue weighted by Gasteiger charge is -2.48. The predicted octanol–water partition coefficient (Wildman–Crippen LogP) is 4.81. The van der Waals surface area contributed by atoms with E-state index in [1.165, 1.54) is 9.80 Å². The molecule has 3 rings (SSSR count). The van der Waals surface area contributed by atoms with Gasteiger partial charge in [-0.05, 0) is 42.4 Å². The minimum atomic E-state index is -2.02. The minimum absolute atomic E-state index is 0.290. The molecule has 150 valence electrons. The Morgan fingerprint density at radius 3 is 2.29 bits per heavy atom. The average molecular weight is 401 g/mol. The molecule has 1 aromatic carbocycles. The van der Waals surface area contributed by atoms with Crippen LogP contribution in [-0.2, 0) is 9.22 Å². The summed E-state index contributed by atoms with van der Waals surface area (Å²) in [6.07, 6.45) is 0.897. The summed E-state index contributed by atoms with van der Waals surface area (Å²) in [5, 5.41) is 0. The van der Waals surface area contributed by atoms with Crippen molar-refractivity contribution in [2.24, 2.45) is 0 Å². The number of imide groups is 1. The van der Waals surface area contributed by atoms with Gasteiger partial charge in [-0.25, -0.2) is 9.69 Å². The topological polar surface area (TPSA) is 63.0 Å². The minimum Gasteiger partial charge on any atom is -0.467 e. The molecule has 0 N–H and O–H groups in total. The van der Waals surface area contributed by atoms with Crippen molar-refractivity contribution in [1.82, 2.24) is 4.90 Å². The molecule has 0 spiro atoms. The maximum Gasteiger partial charge on any atom is 0.331 e. The van der Waals surface area contributed by atoms with Crippen LogP contribution >= 0.6 is 0 Å². The molecule has 1 aliphatic rings. The number of likely N-dealkylation sites (tertiary alicyclic amines) is 1. The molecule has 1 fully saturated rings. The first-order valence-corrected chi connectivity index (χ1v) is 12.4. The van der Waals surface area contributed by atoms with Crippen LogP contribution in [0.15, 0.2) is 53.1 Å². The summed E-state index contributed by atoms with van der Waals surface area (Å²) >= 11 is 0. The molecule has 2 heterocycles. The summed E-state index contributed by atoms with van der Waals surface area (Å²) in [7, 11) is -0.348. The summed E-state index contributed by atoms with van der Waals surface area (Å²) in [6.45, 7) is 6.36. The highest BCUT2D eigenvalue weighted by Gasteiger charge is 2.56. The maximum absolute atomic E-state index is 13.1. The summed E-state index contributed by atoms with van der Waals surface area (Å²) in [5.41, 5.74) is 0.724. The lowest BCUT2D eigenvalue weighted by Crippen LogP contribution is -2.66. The Kier molecular flexibility index (Phi) is 6.05. The zero-order chi connectivity index (χ0) is 20.3. The normalized spacial score (nSPS) is 19.4. The van der Waals surface area contributed by atoms with E-state index in [1.54, 1.807) is 25.4 Å². The number of furan rings is 1. The highest BCUT2D eigenvalue weighted by atomic mass is 28.4. The lowest BCUT2D eigenvalue weighted by atomic mass is 9.96. The Balaban J connectivity index is 1.88. The molecule has 1 aliphatic heterocycles. The number of benzene rings is 1. The van der Waals surface area contributed by atoms with E-state index in [2.05, 4.69) is 20.8 Å². The van der Waals surface area contributed by atoms with Gasteiger partial charge < -0.3 is 8.84 Å². The smallest absolute Gasteiger partial charge is 0.331 e. The molecule has 2 aromatic rings. The molecule has 0 bridgehead atoms. The van der Waals surface area contributed by atoms with Gasteiger partial charge in [0.25, 0.3) is 5.91 Å².